The van der Waals surface area contributed by atoms with Crippen LogP contribution in [0, 0.1) is 0 Å². The maximum absolute atomic E-state index is 12.7. The Labute approximate surface area is 202 Å². The molecular weight excluding hydrogens is 572 g/mol. The second-order valence-electron chi connectivity index (χ2n) is 6.62. The zero-order valence-corrected chi connectivity index (χ0v) is 20.7. The largest absolute Gasteiger partial charge is 0.489 e. The van der Waals surface area contributed by atoms with E-state index in [1.54, 1.807) is 0 Å². The number of hydroxylamine groups is 1. The molecule has 0 spiro atoms. The van der Waals surface area contributed by atoms with E-state index in [0.717, 1.165) is 14.5 Å². The fourth-order valence-electron chi connectivity index (χ4n) is 2.67. The molecule has 10 nitrogen and oxygen atoms in total. The lowest BCUT2D eigenvalue weighted by atomic mass is 10.1. The average molecular weight is 594 g/mol. The van der Waals surface area contributed by atoms with E-state index < -0.39 is 28.0 Å². The second kappa shape index (κ2) is 12.2. The van der Waals surface area contributed by atoms with Crippen LogP contribution in [0.15, 0.2) is 56.3 Å². The predicted molar refractivity (Wildman–Crippen MR) is 123 cm³/mol. The number of nitrogens with one attached hydrogen (secondary N) is 3. The zero-order chi connectivity index (χ0) is 23.7. The van der Waals surface area contributed by atoms with Crippen LogP contribution in [0.1, 0.15) is 18.4 Å². The number of amides is 3. The molecule has 2 aromatic rings. The van der Waals surface area contributed by atoms with Gasteiger partial charge < -0.3 is 15.8 Å². The Kier molecular flexibility index (Phi) is 9.90. The summed E-state index contributed by atoms with van der Waals surface area (Å²) in [5.41, 5.74) is 7.30. The van der Waals surface area contributed by atoms with Crippen molar-refractivity contribution in [3.63, 3.8) is 0 Å². The highest BCUT2D eigenvalue weighted by molar-refractivity contribution is 9.11. The molecule has 6 N–H and O–H groups in total. The van der Waals surface area contributed by atoms with Gasteiger partial charge in [0.05, 0.1) is 4.90 Å². The maximum Gasteiger partial charge on any atom is 0.312 e. The summed E-state index contributed by atoms with van der Waals surface area (Å²) in [7, 11) is -4.07. The van der Waals surface area contributed by atoms with E-state index in [-0.39, 0.29) is 30.9 Å². The van der Waals surface area contributed by atoms with Gasteiger partial charge in [-0.2, -0.15) is 4.72 Å². The number of halogens is 2. The van der Waals surface area contributed by atoms with E-state index in [0.29, 0.717) is 5.75 Å². The predicted octanol–water partition coefficient (Wildman–Crippen LogP) is 2.39. The first-order valence-electron chi connectivity index (χ1n) is 9.28. The topological polar surface area (TPSA) is 160 Å². The molecule has 2 rings (SSSR count). The number of carbonyl (C=O) groups is 2. The second-order valence-corrected chi connectivity index (χ2v) is 10.2. The summed E-state index contributed by atoms with van der Waals surface area (Å²) >= 11 is 6.81. The molecule has 0 saturated carbocycles. The fraction of sp³-hybridized carbons (Fsp3) is 0.263. The minimum Gasteiger partial charge on any atom is -0.489 e. The molecule has 0 fully saturated rings. The third kappa shape index (κ3) is 8.39. The number of hydrogen-bond acceptors (Lipinski definition) is 6. The molecule has 0 bridgehead atoms. The van der Waals surface area contributed by atoms with Gasteiger partial charge >= 0.3 is 6.03 Å². The zero-order valence-electron chi connectivity index (χ0n) is 16.7. The number of hydrogen-bond donors (Lipinski definition) is 5. The lowest BCUT2D eigenvalue weighted by Gasteiger charge is -2.17. The highest BCUT2D eigenvalue weighted by Crippen LogP contribution is 2.22. The van der Waals surface area contributed by atoms with Crippen molar-refractivity contribution in [2.24, 2.45) is 5.73 Å². The molecule has 0 aromatic heterocycles. The van der Waals surface area contributed by atoms with Crippen molar-refractivity contribution >= 4 is 53.8 Å². The summed E-state index contributed by atoms with van der Waals surface area (Å²) in [6.45, 7) is 0.424. The molecule has 0 aliphatic carbocycles. The summed E-state index contributed by atoms with van der Waals surface area (Å²) < 4.78 is 35.0. The average Bonchev–Trinajstić information content (AvgIpc) is 2.73. The quantitative estimate of drug-likeness (QED) is 0.153. The first kappa shape index (κ1) is 26.1. The summed E-state index contributed by atoms with van der Waals surface area (Å²) in [6, 6.07) is 9.41. The minimum atomic E-state index is -4.07. The summed E-state index contributed by atoms with van der Waals surface area (Å²) in [6.07, 6.45) is 0.275. The number of carbonyl (C=O) groups excluding carboxylic acids is 2. The van der Waals surface area contributed by atoms with Gasteiger partial charge in [-0.25, -0.2) is 18.7 Å². The van der Waals surface area contributed by atoms with E-state index in [1.807, 2.05) is 18.2 Å². The van der Waals surface area contributed by atoms with E-state index in [2.05, 4.69) is 41.9 Å². The Hall–Kier alpha value is -2.19. The van der Waals surface area contributed by atoms with Crippen molar-refractivity contribution in [1.82, 2.24) is 15.5 Å². The molecule has 0 radical (unpaired) electrons. The number of ether oxygens (including phenoxy) is 1. The van der Waals surface area contributed by atoms with Gasteiger partial charge in [-0.1, -0.05) is 31.9 Å². The van der Waals surface area contributed by atoms with Gasteiger partial charge in [0.15, 0.2) is 0 Å². The summed E-state index contributed by atoms with van der Waals surface area (Å²) in [5.74, 6) is -0.463. The third-order valence-electron chi connectivity index (χ3n) is 4.15. The Morgan fingerprint density at radius 2 is 1.72 bits per heavy atom. The first-order chi connectivity index (χ1) is 15.1. The van der Waals surface area contributed by atoms with Crippen molar-refractivity contribution < 1.29 is 28.0 Å². The van der Waals surface area contributed by atoms with Crippen LogP contribution >= 0.6 is 31.9 Å². The monoisotopic (exact) mass is 592 g/mol. The molecule has 13 heteroatoms. The molecule has 0 heterocycles. The van der Waals surface area contributed by atoms with E-state index in [9.17, 15) is 18.0 Å². The highest BCUT2D eigenvalue weighted by atomic mass is 79.9. The number of rotatable bonds is 11. The number of benzene rings is 2. The lowest BCUT2D eigenvalue weighted by molar-refractivity contribution is -0.131. The maximum atomic E-state index is 12.7. The SMILES string of the molecule is NC(=O)NCCCC(NS(=O)(=O)c1ccc(OCc2cc(Br)cc(Br)c2)cc1)C(=O)NO. The van der Waals surface area contributed by atoms with Gasteiger partial charge in [0.1, 0.15) is 18.4 Å². The molecule has 0 saturated heterocycles. The van der Waals surface area contributed by atoms with Crippen molar-refractivity contribution in [3.8, 4) is 5.75 Å². The molecule has 174 valence electrons. The first-order valence-corrected chi connectivity index (χ1v) is 12.3. The smallest absolute Gasteiger partial charge is 0.312 e. The number of primary amides is 1. The molecule has 1 atom stereocenters. The molecule has 0 aliphatic rings. The molecule has 2 aromatic carbocycles. The van der Waals surface area contributed by atoms with E-state index in [1.165, 1.54) is 29.7 Å². The van der Waals surface area contributed by atoms with E-state index in [4.69, 9.17) is 15.7 Å². The molecule has 0 aliphatic heterocycles. The number of urea groups is 1. The number of nitrogens with two attached hydrogens (primary N) is 1. The van der Waals surface area contributed by atoms with Gasteiger partial charge in [-0.05, 0) is 60.9 Å². The van der Waals surface area contributed by atoms with Crippen LogP contribution < -0.4 is 26.0 Å². The van der Waals surface area contributed by atoms with Gasteiger partial charge in [0.2, 0.25) is 10.0 Å². The molecule has 1 unspecified atom stereocenters. The molecule has 3 amide bonds. The Morgan fingerprint density at radius 1 is 1.09 bits per heavy atom. The van der Waals surface area contributed by atoms with Crippen LogP contribution in [0.3, 0.4) is 0 Å². The van der Waals surface area contributed by atoms with Crippen LogP contribution in [-0.2, 0) is 21.4 Å². The summed E-state index contributed by atoms with van der Waals surface area (Å²) in [4.78, 5) is 22.5. The van der Waals surface area contributed by atoms with Crippen LogP contribution in [0.4, 0.5) is 4.79 Å². The van der Waals surface area contributed by atoms with Gasteiger partial charge in [0, 0.05) is 15.5 Å². The highest BCUT2D eigenvalue weighted by Gasteiger charge is 2.25. The molecule has 32 heavy (non-hydrogen) atoms. The Bertz CT molecular complexity index is 1030. The Morgan fingerprint density at radius 3 is 2.28 bits per heavy atom. The van der Waals surface area contributed by atoms with Crippen LogP contribution in [0.2, 0.25) is 0 Å². The normalized spacial score (nSPS) is 12.1. The number of sulfonamides is 1. The summed E-state index contributed by atoms with van der Waals surface area (Å²) in [5, 5.41) is 11.2. The third-order valence-corrected chi connectivity index (χ3v) is 6.56. The van der Waals surface area contributed by atoms with Gasteiger partial charge in [-0.15, -0.1) is 0 Å². The minimum absolute atomic E-state index is 0.0231. The van der Waals surface area contributed by atoms with Gasteiger partial charge in [0.25, 0.3) is 5.91 Å². The van der Waals surface area contributed by atoms with Crippen molar-refractivity contribution in [2.45, 2.75) is 30.4 Å². The lowest BCUT2D eigenvalue weighted by Crippen LogP contribution is -2.46. The van der Waals surface area contributed by atoms with Crippen molar-refractivity contribution in [3.05, 3.63) is 57.0 Å². The standard InChI is InChI=1S/C19H22Br2N4O6S/c20-13-8-12(9-14(21)10-13)11-31-15-3-5-16(6-4-15)32(29,30)25-17(18(26)24-28)2-1-7-23-19(22)27/h3-6,8-10,17,25,28H,1-2,7,11H2,(H,24,26)(H3,22,23,27). The molecular formula is C19H22Br2N4O6S. The van der Waals surface area contributed by atoms with Crippen molar-refractivity contribution in [1.29, 1.82) is 0 Å². The Balaban J connectivity index is 2.01. The van der Waals surface area contributed by atoms with E-state index >= 15 is 0 Å². The fourth-order valence-corrected chi connectivity index (χ4v) is 5.29. The van der Waals surface area contributed by atoms with Crippen LogP contribution in [0.25, 0.3) is 0 Å². The van der Waals surface area contributed by atoms with Crippen LogP contribution in [-0.4, -0.2) is 38.1 Å². The van der Waals surface area contributed by atoms with Crippen molar-refractivity contribution in [2.75, 3.05) is 6.54 Å². The van der Waals surface area contributed by atoms with Crippen LogP contribution in [0.5, 0.6) is 5.75 Å². The van der Waals surface area contributed by atoms with Gasteiger partial charge in [-0.3, -0.25) is 10.0 Å².